The number of carbonyl (C=O) groups excluding carboxylic acids is 2. The fourth-order valence-corrected chi connectivity index (χ4v) is 2.80. The summed E-state index contributed by atoms with van der Waals surface area (Å²) in [6, 6.07) is 13.9. The van der Waals surface area contributed by atoms with E-state index in [0.717, 1.165) is 0 Å². The van der Waals surface area contributed by atoms with Gasteiger partial charge in [0, 0.05) is 24.2 Å². The number of rotatable bonds is 9. The van der Waals surface area contributed by atoms with E-state index in [1.807, 2.05) is 6.92 Å². The number of para-hydroxylation sites is 1. The molecule has 0 atom stereocenters. The van der Waals surface area contributed by atoms with Gasteiger partial charge in [-0.3, -0.25) is 19.1 Å². The first-order valence-corrected chi connectivity index (χ1v) is 9.53. The number of hydrogen-bond acceptors (Lipinski definition) is 6. The number of hydrogen-bond donors (Lipinski definition) is 3. The number of aromatic nitrogens is 2. The fourth-order valence-electron chi connectivity index (χ4n) is 2.80. The third-order valence-corrected chi connectivity index (χ3v) is 4.16. The van der Waals surface area contributed by atoms with Crippen molar-refractivity contribution < 1.29 is 18.8 Å². The summed E-state index contributed by atoms with van der Waals surface area (Å²) in [5.74, 6) is -0.265. The van der Waals surface area contributed by atoms with Crippen molar-refractivity contribution in [2.75, 3.05) is 18.5 Å². The van der Waals surface area contributed by atoms with Gasteiger partial charge in [-0.1, -0.05) is 29.4 Å². The number of ether oxygens (including phenoxy) is 1. The molecule has 3 rings (SSSR count). The molecule has 0 aliphatic rings. The zero-order chi connectivity index (χ0) is 21.3. The second kappa shape index (κ2) is 10.1. The van der Waals surface area contributed by atoms with E-state index >= 15 is 0 Å². The average Bonchev–Trinajstić information content (AvgIpc) is 3.18. The van der Waals surface area contributed by atoms with Gasteiger partial charge in [0.2, 0.25) is 5.91 Å². The van der Waals surface area contributed by atoms with Gasteiger partial charge in [0.25, 0.3) is 5.91 Å². The van der Waals surface area contributed by atoms with Crippen LogP contribution in [0.2, 0.25) is 0 Å². The van der Waals surface area contributed by atoms with Gasteiger partial charge in [-0.25, -0.2) is 4.79 Å². The van der Waals surface area contributed by atoms with E-state index in [1.165, 1.54) is 0 Å². The SMILES string of the molecule is CCOc1ccccc1C(=O)NCCCC(=O)Nc1cccc(-c2noc(=O)[nH]2)c1. The van der Waals surface area contributed by atoms with E-state index < -0.39 is 5.76 Å². The smallest absolute Gasteiger partial charge is 0.439 e. The van der Waals surface area contributed by atoms with Crippen molar-refractivity contribution in [2.24, 2.45) is 0 Å². The van der Waals surface area contributed by atoms with Crippen LogP contribution in [0.3, 0.4) is 0 Å². The maximum atomic E-state index is 12.3. The van der Waals surface area contributed by atoms with E-state index in [2.05, 4.69) is 25.3 Å². The lowest BCUT2D eigenvalue weighted by Gasteiger charge is -2.10. The summed E-state index contributed by atoms with van der Waals surface area (Å²) < 4.78 is 9.94. The minimum Gasteiger partial charge on any atom is -0.493 e. The summed E-state index contributed by atoms with van der Waals surface area (Å²) in [7, 11) is 0. The Morgan fingerprint density at radius 1 is 1.17 bits per heavy atom. The van der Waals surface area contributed by atoms with Crippen molar-refractivity contribution in [3.05, 3.63) is 64.6 Å². The number of aromatic amines is 1. The van der Waals surface area contributed by atoms with Gasteiger partial charge in [-0.05, 0) is 37.6 Å². The third kappa shape index (κ3) is 5.57. The first-order valence-electron chi connectivity index (χ1n) is 9.53. The van der Waals surface area contributed by atoms with Crippen LogP contribution in [0.4, 0.5) is 5.69 Å². The molecule has 156 valence electrons. The van der Waals surface area contributed by atoms with Gasteiger partial charge in [0.15, 0.2) is 5.82 Å². The molecule has 2 amide bonds. The third-order valence-electron chi connectivity index (χ3n) is 4.16. The molecule has 0 bridgehead atoms. The first-order chi connectivity index (χ1) is 14.6. The maximum absolute atomic E-state index is 12.3. The Bertz CT molecular complexity index is 1070. The van der Waals surface area contributed by atoms with Gasteiger partial charge < -0.3 is 15.4 Å². The van der Waals surface area contributed by atoms with Gasteiger partial charge in [-0.2, -0.15) is 0 Å². The van der Waals surface area contributed by atoms with Crippen LogP contribution in [0.25, 0.3) is 11.4 Å². The number of amides is 2. The molecule has 3 N–H and O–H groups in total. The van der Waals surface area contributed by atoms with E-state index in [1.54, 1.807) is 48.5 Å². The Morgan fingerprint density at radius 2 is 2.00 bits per heavy atom. The lowest BCUT2D eigenvalue weighted by molar-refractivity contribution is -0.116. The molecule has 2 aromatic carbocycles. The largest absolute Gasteiger partial charge is 0.493 e. The molecule has 1 aromatic heterocycles. The number of nitrogens with one attached hydrogen (secondary N) is 3. The summed E-state index contributed by atoms with van der Waals surface area (Å²) in [5.41, 5.74) is 1.64. The Morgan fingerprint density at radius 3 is 2.77 bits per heavy atom. The van der Waals surface area contributed by atoms with Crippen molar-refractivity contribution in [1.82, 2.24) is 15.5 Å². The fraction of sp³-hybridized carbons (Fsp3) is 0.238. The molecule has 0 aliphatic carbocycles. The van der Waals surface area contributed by atoms with E-state index in [0.29, 0.717) is 42.1 Å². The molecule has 9 nitrogen and oxygen atoms in total. The minimum atomic E-state index is -0.648. The predicted octanol–water partition coefficient (Wildman–Crippen LogP) is 2.58. The molecular formula is C21H22N4O5. The van der Waals surface area contributed by atoms with Crippen molar-refractivity contribution >= 4 is 17.5 Å². The summed E-state index contributed by atoms with van der Waals surface area (Å²) in [4.78, 5) is 38.0. The molecule has 9 heteroatoms. The summed E-state index contributed by atoms with van der Waals surface area (Å²) in [6.07, 6.45) is 0.711. The standard InChI is InChI=1S/C21H22N4O5/c1-2-29-17-10-4-3-9-16(17)20(27)22-12-6-11-18(26)23-15-8-5-7-14(13-15)19-24-21(28)30-25-19/h3-5,7-10,13H,2,6,11-12H2,1H3,(H,22,27)(H,23,26)(H,24,25,28). The lowest BCUT2D eigenvalue weighted by atomic mass is 10.1. The Hall–Kier alpha value is -3.88. The molecule has 0 saturated carbocycles. The molecule has 30 heavy (non-hydrogen) atoms. The van der Waals surface area contributed by atoms with Crippen LogP contribution in [0.5, 0.6) is 5.75 Å². The van der Waals surface area contributed by atoms with Crippen LogP contribution < -0.4 is 21.1 Å². The molecule has 0 saturated heterocycles. The molecule has 0 spiro atoms. The number of benzene rings is 2. The number of H-pyrrole nitrogens is 1. The quantitative estimate of drug-likeness (QED) is 0.466. The predicted molar refractivity (Wildman–Crippen MR) is 110 cm³/mol. The van der Waals surface area contributed by atoms with Crippen molar-refractivity contribution in [3.8, 4) is 17.1 Å². The summed E-state index contributed by atoms with van der Waals surface area (Å²) >= 11 is 0. The zero-order valence-corrected chi connectivity index (χ0v) is 16.4. The molecule has 3 aromatic rings. The number of anilines is 1. The summed E-state index contributed by atoms with van der Waals surface area (Å²) in [6.45, 7) is 2.68. The van der Waals surface area contributed by atoms with Crippen LogP contribution in [-0.4, -0.2) is 35.1 Å². The van der Waals surface area contributed by atoms with Crippen molar-refractivity contribution in [3.63, 3.8) is 0 Å². The lowest BCUT2D eigenvalue weighted by Crippen LogP contribution is -2.26. The van der Waals surface area contributed by atoms with Crippen molar-refractivity contribution in [1.29, 1.82) is 0 Å². The summed E-state index contributed by atoms with van der Waals surface area (Å²) in [5, 5.41) is 9.20. The van der Waals surface area contributed by atoms with E-state index in [-0.39, 0.29) is 24.1 Å². The monoisotopic (exact) mass is 410 g/mol. The Balaban J connectivity index is 1.47. The highest BCUT2D eigenvalue weighted by Crippen LogP contribution is 2.19. The van der Waals surface area contributed by atoms with Crippen LogP contribution in [0.1, 0.15) is 30.1 Å². The van der Waals surface area contributed by atoms with Gasteiger partial charge in [0.05, 0.1) is 12.2 Å². The Labute approximate surface area is 172 Å². The second-order valence-corrected chi connectivity index (χ2v) is 6.36. The zero-order valence-electron chi connectivity index (χ0n) is 16.4. The van der Waals surface area contributed by atoms with Crippen LogP contribution in [0.15, 0.2) is 57.8 Å². The van der Waals surface area contributed by atoms with Crippen LogP contribution in [0, 0.1) is 0 Å². The topological polar surface area (TPSA) is 126 Å². The van der Waals surface area contributed by atoms with E-state index in [4.69, 9.17) is 4.74 Å². The molecule has 0 fully saturated rings. The maximum Gasteiger partial charge on any atom is 0.439 e. The van der Waals surface area contributed by atoms with Crippen LogP contribution in [-0.2, 0) is 4.79 Å². The van der Waals surface area contributed by atoms with Crippen molar-refractivity contribution in [2.45, 2.75) is 19.8 Å². The van der Waals surface area contributed by atoms with Gasteiger partial charge in [-0.15, -0.1) is 0 Å². The molecule has 1 heterocycles. The normalized spacial score (nSPS) is 10.4. The molecule has 0 radical (unpaired) electrons. The second-order valence-electron chi connectivity index (χ2n) is 6.36. The first kappa shape index (κ1) is 20.8. The van der Waals surface area contributed by atoms with E-state index in [9.17, 15) is 14.4 Å². The average molecular weight is 410 g/mol. The van der Waals surface area contributed by atoms with Gasteiger partial charge in [0.1, 0.15) is 5.75 Å². The highest BCUT2D eigenvalue weighted by molar-refractivity contribution is 5.97. The highest BCUT2D eigenvalue weighted by Gasteiger charge is 2.12. The minimum absolute atomic E-state index is 0.190. The van der Waals surface area contributed by atoms with Gasteiger partial charge >= 0.3 is 5.76 Å². The molecular weight excluding hydrogens is 388 g/mol. The molecule has 0 aliphatic heterocycles. The highest BCUT2D eigenvalue weighted by atomic mass is 16.5. The van der Waals surface area contributed by atoms with Crippen LogP contribution >= 0.6 is 0 Å². The Kier molecular flexibility index (Phi) is 6.99. The number of nitrogens with zero attached hydrogens (tertiary/aromatic N) is 1. The number of carbonyl (C=O) groups is 2. The molecule has 0 unspecified atom stereocenters.